The highest BCUT2D eigenvalue weighted by atomic mass is 16.5. The maximum Gasteiger partial charge on any atom is 0.118 e. The SMILES string of the molecule is COc1ccc(C(N)c2c[nH]c(C)n2)cc1. The van der Waals surface area contributed by atoms with E-state index in [9.17, 15) is 0 Å². The smallest absolute Gasteiger partial charge is 0.118 e. The molecule has 4 heteroatoms. The maximum atomic E-state index is 6.10. The monoisotopic (exact) mass is 217 g/mol. The van der Waals surface area contributed by atoms with Crippen LogP contribution in [-0.2, 0) is 0 Å². The molecule has 1 heterocycles. The van der Waals surface area contributed by atoms with Crippen molar-refractivity contribution in [1.29, 1.82) is 0 Å². The van der Waals surface area contributed by atoms with Crippen LogP contribution in [0.5, 0.6) is 5.75 Å². The van der Waals surface area contributed by atoms with Gasteiger partial charge in [-0.25, -0.2) is 4.98 Å². The second kappa shape index (κ2) is 4.37. The van der Waals surface area contributed by atoms with Gasteiger partial charge < -0.3 is 15.5 Å². The van der Waals surface area contributed by atoms with Crippen LogP contribution in [-0.4, -0.2) is 17.1 Å². The molecule has 1 aromatic carbocycles. The largest absolute Gasteiger partial charge is 0.497 e. The van der Waals surface area contributed by atoms with Crippen LogP contribution in [0.25, 0.3) is 0 Å². The average molecular weight is 217 g/mol. The van der Waals surface area contributed by atoms with Gasteiger partial charge in [0.25, 0.3) is 0 Å². The van der Waals surface area contributed by atoms with E-state index in [1.807, 2.05) is 37.4 Å². The number of rotatable bonds is 3. The summed E-state index contributed by atoms with van der Waals surface area (Å²) in [5, 5.41) is 0. The minimum atomic E-state index is -0.198. The zero-order valence-electron chi connectivity index (χ0n) is 9.40. The van der Waals surface area contributed by atoms with Gasteiger partial charge in [0, 0.05) is 6.20 Å². The molecule has 0 aliphatic rings. The van der Waals surface area contributed by atoms with Crippen molar-refractivity contribution in [2.45, 2.75) is 13.0 Å². The van der Waals surface area contributed by atoms with Gasteiger partial charge in [0.1, 0.15) is 11.6 Å². The number of hydrogen-bond acceptors (Lipinski definition) is 3. The number of nitrogens with zero attached hydrogens (tertiary/aromatic N) is 1. The van der Waals surface area contributed by atoms with Gasteiger partial charge >= 0.3 is 0 Å². The first-order chi connectivity index (χ1) is 7.70. The van der Waals surface area contributed by atoms with Crippen molar-refractivity contribution in [3.63, 3.8) is 0 Å². The van der Waals surface area contributed by atoms with Crippen molar-refractivity contribution in [2.75, 3.05) is 7.11 Å². The number of H-pyrrole nitrogens is 1. The number of aromatic amines is 1. The van der Waals surface area contributed by atoms with Gasteiger partial charge in [-0.15, -0.1) is 0 Å². The normalized spacial score (nSPS) is 12.4. The van der Waals surface area contributed by atoms with E-state index in [0.717, 1.165) is 22.8 Å². The summed E-state index contributed by atoms with van der Waals surface area (Å²) in [6, 6.07) is 7.50. The zero-order valence-corrected chi connectivity index (χ0v) is 9.40. The molecule has 1 unspecified atom stereocenters. The molecule has 4 nitrogen and oxygen atoms in total. The summed E-state index contributed by atoms with van der Waals surface area (Å²) < 4.78 is 5.10. The Bertz CT molecular complexity index is 461. The molecule has 0 amide bonds. The fraction of sp³-hybridized carbons (Fsp3) is 0.250. The molecular weight excluding hydrogens is 202 g/mol. The predicted molar refractivity (Wildman–Crippen MR) is 62.3 cm³/mol. The van der Waals surface area contributed by atoms with Crippen LogP contribution in [0.2, 0.25) is 0 Å². The van der Waals surface area contributed by atoms with Crippen LogP contribution in [0.1, 0.15) is 23.1 Å². The van der Waals surface area contributed by atoms with Crippen molar-refractivity contribution in [1.82, 2.24) is 9.97 Å². The van der Waals surface area contributed by atoms with E-state index < -0.39 is 0 Å². The lowest BCUT2D eigenvalue weighted by Gasteiger charge is -2.09. The first kappa shape index (κ1) is 10.7. The summed E-state index contributed by atoms with van der Waals surface area (Å²) in [4.78, 5) is 7.34. The molecule has 0 spiro atoms. The van der Waals surface area contributed by atoms with Crippen molar-refractivity contribution >= 4 is 0 Å². The van der Waals surface area contributed by atoms with Gasteiger partial charge in [-0.1, -0.05) is 12.1 Å². The number of ether oxygens (including phenoxy) is 1. The van der Waals surface area contributed by atoms with E-state index in [0.29, 0.717) is 0 Å². The van der Waals surface area contributed by atoms with Gasteiger partial charge in [0.05, 0.1) is 18.8 Å². The quantitative estimate of drug-likeness (QED) is 0.823. The predicted octanol–water partition coefficient (Wildman–Crippen LogP) is 1.77. The molecule has 0 saturated heterocycles. The molecule has 0 aliphatic heterocycles. The number of aryl methyl sites for hydroxylation is 1. The van der Waals surface area contributed by atoms with Crippen molar-refractivity contribution in [2.24, 2.45) is 5.73 Å². The summed E-state index contributed by atoms with van der Waals surface area (Å²) in [6.45, 7) is 1.91. The van der Waals surface area contributed by atoms with Crippen molar-refractivity contribution in [3.8, 4) is 5.75 Å². The minimum absolute atomic E-state index is 0.198. The fourth-order valence-corrected chi connectivity index (χ4v) is 1.58. The van der Waals surface area contributed by atoms with E-state index in [1.165, 1.54) is 0 Å². The zero-order chi connectivity index (χ0) is 11.5. The topological polar surface area (TPSA) is 63.9 Å². The molecule has 0 bridgehead atoms. The number of benzene rings is 1. The Morgan fingerprint density at radius 2 is 2.00 bits per heavy atom. The number of hydrogen-bond donors (Lipinski definition) is 2. The summed E-state index contributed by atoms with van der Waals surface area (Å²) in [5.41, 5.74) is 7.97. The maximum absolute atomic E-state index is 6.10. The van der Waals surface area contributed by atoms with E-state index >= 15 is 0 Å². The number of methoxy groups -OCH3 is 1. The molecular formula is C12H15N3O. The first-order valence-corrected chi connectivity index (χ1v) is 5.12. The highest BCUT2D eigenvalue weighted by Gasteiger charge is 2.11. The highest BCUT2D eigenvalue weighted by Crippen LogP contribution is 2.20. The van der Waals surface area contributed by atoms with Crippen LogP contribution >= 0.6 is 0 Å². The van der Waals surface area contributed by atoms with E-state index in [1.54, 1.807) is 7.11 Å². The van der Waals surface area contributed by atoms with Crippen LogP contribution in [0, 0.1) is 6.92 Å². The average Bonchev–Trinajstić information content (AvgIpc) is 2.75. The Morgan fingerprint density at radius 1 is 1.31 bits per heavy atom. The Hall–Kier alpha value is -1.81. The molecule has 2 rings (SSSR count). The fourth-order valence-electron chi connectivity index (χ4n) is 1.58. The molecule has 1 aromatic heterocycles. The third kappa shape index (κ3) is 2.06. The standard InChI is InChI=1S/C12H15N3O/c1-8-14-7-11(15-8)12(13)9-3-5-10(16-2)6-4-9/h3-7,12H,13H2,1-2H3,(H,14,15). The lowest BCUT2D eigenvalue weighted by Crippen LogP contribution is -2.12. The highest BCUT2D eigenvalue weighted by molar-refractivity contribution is 5.32. The lowest BCUT2D eigenvalue weighted by atomic mass is 10.1. The molecule has 0 aliphatic carbocycles. The van der Waals surface area contributed by atoms with Gasteiger partial charge in [-0.2, -0.15) is 0 Å². The Morgan fingerprint density at radius 3 is 2.50 bits per heavy atom. The minimum Gasteiger partial charge on any atom is -0.497 e. The summed E-state index contributed by atoms with van der Waals surface area (Å²) in [6.07, 6.45) is 1.84. The molecule has 3 N–H and O–H groups in total. The molecule has 84 valence electrons. The molecule has 0 radical (unpaired) electrons. The summed E-state index contributed by atoms with van der Waals surface area (Å²) >= 11 is 0. The number of aromatic nitrogens is 2. The Labute approximate surface area is 94.5 Å². The first-order valence-electron chi connectivity index (χ1n) is 5.12. The second-order valence-electron chi connectivity index (χ2n) is 3.66. The molecule has 16 heavy (non-hydrogen) atoms. The summed E-state index contributed by atoms with van der Waals surface area (Å²) in [5.74, 6) is 1.70. The number of nitrogens with two attached hydrogens (primary N) is 1. The van der Waals surface area contributed by atoms with E-state index in [2.05, 4.69) is 9.97 Å². The van der Waals surface area contributed by atoms with Gasteiger partial charge in [-0.05, 0) is 24.6 Å². The van der Waals surface area contributed by atoms with Crippen molar-refractivity contribution in [3.05, 3.63) is 47.5 Å². The van der Waals surface area contributed by atoms with Gasteiger partial charge in [0.15, 0.2) is 0 Å². The third-order valence-electron chi connectivity index (χ3n) is 2.52. The Kier molecular flexibility index (Phi) is 2.92. The van der Waals surface area contributed by atoms with Crippen molar-refractivity contribution < 1.29 is 4.74 Å². The molecule has 2 aromatic rings. The molecule has 0 fully saturated rings. The summed E-state index contributed by atoms with van der Waals surface area (Å²) in [7, 11) is 1.64. The van der Waals surface area contributed by atoms with Gasteiger partial charge in [0.2, 0.25) is 0 Å². The van der Waals surface area contributed by atoms with Crippen LogP contribution in [0.3, 0.4) is 0 Å². The lowest BCUT2D eigenvalue weighted by molar-refractivity contribution is 0.414. The number of nitrogens with one attached hydrogen (secondary N) is 1. The Balaban J connectivity index is 2.23. The van der Waals surface area contributed by atoms with E-state index in [-0.39, 0.29) is 6.04 Å². The third-order valence-corrected chi connectivity index (χ3v) is 2.52. The van der Waals surface area contributed by atoms with Crippen LogP contribution < -0.4 is 10.5 Å². The molecule has 1 atom stereocenters. The second-order valence-corrected chi connectivity index (χ2v) is 3.66. The van der Waals surface area contributed by atoms with Gasteiger partial charge in [-0.3, -0.25) is 0 Å². The number of imidazole rings is 1. The molecule has 0 saturated carbocycles. The van der Waals surface area contributed by atoms with Crippen LogP contribution in [0.15, 0.2) is 30.5 Å². The van der Waals surface area contributed by atoms with E-state index in [4.69, 9.17) is 10.5 Å². The van der Waals surface area contributed by atoms with Crippen LogP contribution in [0.4, 0.5) is 0 Å².